The quantitative estimate of drug-likeness (QED) is 0.328. The maximum Gasteiger partial charge on any atom is 0.254 e. The fraction of sp³-hybridized carbons (Fsp3) is 0.303. The summed E-state index contributed by atoms with van der Waals surface area (Å²) in [5.41, 5.74) is 10.2. The molecule has 39 heavy (non-hydrogen) atoms. The lowest BCUT2D eigenvalue weighted by atomic mass is 9.82. The zero-order chi connectivity index (χ0) is 27.9. The van der Waals surface area contributed by atoms with Gasteiger partial charge in [0.2, 0.25) is 11.8 Å². The highest BCUT2D eigenvalue weighted by Gasteiger charge is 2.38. The van der Waals surface area contributed by atoms with Crippen molar-refractivity contribution < 1.29 is 14.4 Å². The molecular weight excluding hydrogens is 486 g/mol. The van der Waals surface area contributed by atoms with E-state index >= 15 is 0 Å². The largest absolute Gasteiger partial charge is 0.369 e. The Bertz CT molecular complexity index is 1330. The number of fused-ring (bicyclic) bond motifs is 3. The van der Waals surface area contributed by atoms with Gasteiger partial charge in [-0.3, -0.25) is 14.4 Å². The Labute approximate surface area is 230 Å². The first-order valence-electron chi connectivity index (χ1n) is 13.6. The van der Waals surface area contributed by atoms with Gasteiger partial charge in [0.25, 0.3) is 5.91 Å². The summed E-state index contributed by atoms with van der Waals surface area (Å²) in [7, 11) is 0. The van der Waals surface area contributed by atoms with Crippen molar-refractivity contribution in [3.63, 3.8) is 0 Å². The van der Waals surface area contributed by atoms with E-state index < -0.39 is 23.8 Å². The van der Waals surface area contributed by atoms with Crippen LogP contribution < -0.4 is 16.0 Å². The second-order valence-electron chi connectivity index (χ2n) is 10.5. The van der Waals surface area contributed by atoms with Crippen LogP contribution in [0.5, 0.6) is 0 Å². The molecule has 6 heteroatoms. The normalized spacial score (nSPS) is 16.0. The van der Waals surface area contributed by atoms with Crippen LogP contribution in [0.4, 0.5) is 5.69 Å². The Morgan fingerprint density at radius 1 is 0.949 bits per heavy atom. The summed E-state index contributed by atoms with van der Waals surface area (Å²) in [5.74, 6) is -2.33. The molecule has 6 nitrogen and oxygen atoms in total. The lowest BCUT2D eigenvalue weighted by Crippen LogP contribution is -2.47. The van der Waals surface area contributed by atoms with Crippen LogP contribution in [-0.2, 0) is 20.8 Å². The summed E-state index contributed by atoms with van der Waals surface area (Å²) >= 11 is 0. The molecule has 1 aliphatic rings. The van der Waals surface area contributed by atoms with Crippen molar-refractivity contribution in [1.29, 1.82) is 0 Å². The molecule has 1 heterocycles. The van der Waals surface area contributed by atoms with Gasteiger partial charge in [0.15, 0.2) is 0 Å². The average Bonchev–Trinajstić information content (AvgIpc) is 3.03. The van der Waals surface area contributed by atoms with Gasteiger partial charge in [0.1, 0.15) is 6.04 Å². The minimum atomic E-state index is -0.913. The third-order valence-corrected chi connectivity index (χ3v) is 7.36. The van der Waals surface area contributed by atoms with Crippen molar-refractivity contribution >= 4 is 23.4 Å². The van der Waals surface area contributed by atoms with E-state index in [9.17, 15) is 14.4 Å². The summed E-state index contributed by atoms with van der Waals surface area (Å²) in [5, 5.41) is 3.05. The smallest absolute Gasteiger partial charge is 0.254 e. The summed E-state index contributed by atoms with van der Waals surface area (Å²) in [4.78, 5) is 42.3. The van der Waals surface area contributed by atoms with Crippen LogP contribution in [0.15, 0.2) is 91.5 Å². The summed E-state index contributed by atoms with van der Waals surface area (Å²) < 4.78 is 0. The molecule has 3 aromatic carbocycles. The highest BCUT2D eigenvalue weighted by Crippen LogP contribution is 2.40. The number of nitrogens with zero attached hydrogens (tertiary/aromatic N) is 1. The number of anilines is 1. The number of hydrogen-bond donors (Lipinski definition) is 2. The zero-order valence-corrected chi connectivity index (χ0v) is 22.7. The van der Waals surface area contributed by atoms with E-state index in [2.05, 4.69) is 11.9 Å². The van der Waals surface area contributed by atoms with Crippen LogP contribution in [-0.4, -0.2) is 24.3 Å². The summed E-state index contributed by atoms with van der Waals surface area (Å²) in [6, 6.07) is 24.7. The van der Waals surface area contributed by atoms with Crippen LogP contribution in [0.25, 0.3) is 11.1 Å². The van der Waals surface area contributed by atoms with E-state index in [0.717, 1.165) is 27.9 Å². The molecule has 0 radical (unpaired) electrons. The minimum absolute atomic E-state index is 0.149. The van der Waals surface area contributed by atoms with Gasteiger partial charge >= 0.3 is 0 Å². The minimum Gasteiger partial charge on any atom is -0.369 e. The molecule has 3 aromatic rings. The Hall–Kier alpha value is -4.19. The van der Waals surface area contributed by atoms with Crippen molar-refractivity contribution in [2.75, 3.05) is 11.4 Å². The fourth-order valence-electron chi connectivity index (χ4n) is 5.46. The second-order valence-corrected chi connectivity index (χ2v) is 10.5. The number of hydrogen-bond acceptors (Lipinski definition) is 3. The summed E-state index contributed by atoms with van der Waals surface area (Å²) in [6.07, 6.45) is 3.04. The topological polar surface area (TPSA) is 92.5 Å². The Morgan fingerprint density at radius 3 is 2.26 bits per heavy atom. The number of carbonyl (C=O) groups is 3. The van der Waals surface area contributed by atoms with Crippen LogP contribution in [0, 0.1) is 17.8 Å². The lowest BCUT2D eigenvalue weighted by molar-refractivity contribution is -0.135. The van der Waals surface area contributed by atoms with E-state index in [1.165, 1.54) is 0 Å². The Kier molecular flexibility index (Phi) is 8.97. The lowest BCUT2D eigenvalue weighted by Gasteiger charge is -2.30. The van der Waals surface area contributed by atoms with Gasteiger partial charge in [-0.2, -0.15) is 0 Å². The standard InChI is InChI=1S/C33H37N3O3/c1-4-12-27(31(34)37)28(21-22(2)3)32(38)35-30-26-17-9-8-15-24(26)25-16-10-11-18-29(25)36(33(30)39)20-19-23-13-6-5-7-14-23/h4-11,13-18,22,27-28,30H,1,12,19-21H2,2-3H3,(H2,34,37)(H,35,38)/t27-,28+,30?/m0/s1. The molecule has 0 fully saturated rings. The highest BCUT2D eigenvalue weighted by atomic mass is 16.2. The molecule has 3 amide bonds. The molecule has 202 valence electrons. The predicted octanol–water partition coefficient (Wildman–Crippen LogP) is 5.44. The van der Waals surface area contributed by atoms with E-state index in [4.69, 9.17) is 5.73 Å². The van der Waals surface area contributed by atoms with Gasteiger partial charge in [0.05, 0.1) is 17.5 Å². The highest BCUT2D eigenvalue weighted by molar-refractivity contribution is 6.06. The Balaban J connectivity index is 1.74. The fourth-order valence-corrected chi connectivity index (χ4v) is 5.46. The Morgan fingerprint density at radius 2 is 1.59 bits per heavy atom. The number of rotatable bonds is 11. The first-order valence-corrected chi connectivity index (χ1v) is 13.6. The molecule has 4 rings (SSSR count). The van der Waals surface area contributed by atoms with Gasteiger partial charge in [-0.05, 0) is 47.9 Å². The van der Waals surface area contributed by atoms with Gasteiger partial charge in [-0.1, -0.05) is 92.7 Å². The molecule has 0 aliphatic carbocycles. The molecular formula is C33H37N3O3. The molecule has 3 N–H and O–H groups in total. The molecule has 1 unspecified atom stereocenters. The predicted molar refractivity (Wildman–Crippen MR) is 156 cm³/mol. The molecule has 1 aliphatic heterocycles. The zero-order valence-electron chi connectivity index (χ0n) is 22.7. The molecule has 0 saturated heterocycles. The third kappa shape index (κ3) is 6.28. The van der Waals surface area contributed by atoms with Crippen molar-refractivity contribution in [3.8, 4) is 11.1 Å². The SMILES string of the molecule is C=CC[C@H](C(N)=O)[C@@H](CC(C)C)C(=O)NC1C(=O)N(CCc2ccccc2)c2ccccc2-c2ccccc21. The van der Waals surface area contributed by atoms with Gasteiger partial charge < -0.3 is 16.0 Å². The van der Waals surface area contributed by atoms with Crippen molar-refractivity contribution in [2.24, 2.45) is 23.5 Å². The molecule has 3 atom stereocenters. The van der Waals surface area contributed by atoms with Crippen LogP contribution in [0.2, 0.25) is 0 Å². The van der Waals surface area contributed by atoms with E-state index in [1.54, 1.807) is 11.0 Å². The van der Waals surface area contributed by atoms with Crippen molar-refractivity contribution in [2.45, 2.75) is 39.2 Å². The molecule has 0 spiro atoms. The number of benzene rings is 3. The monoisotopic (exact) mass is 523 g/mol. The summed E-state index contributed by atoms with van der Waals surface area (Å²) in [6.45, 7) is 8.21. The van der Waals surface area contributed by atoms with Gasteiger partial charge in [-0.15, -0.1) is 6.58 Å². The number of nitrogens with one attached hydrogen (secondary N) is 1. The number of amides is 3. The van der Waals surface area contributed by atoms with Crippen molar-refractivity contribution in [3.05, 3.63) is 103 Å². The molecule has 0 bridgehead atoms. The van der Waals surface area contributed by atoms with Crippen LogP contribution in [0.1, 0.15) is 43.9 Å². The first kappa shape index (κ1) is 27.8. The van der Waals surface area contributed by atoms with E-state index in [-0.39, 0.29) is 17.7 Å². The third-order valence-electron chi connectivity index (χ3n) is 7.36. The molecule has 0 aromatic heterocycles. The first-order chi connectivity index (χ1) is 18.8. The van der Waals surface area contributed by atoms with Gasteiger partial charge in [-0.25, -0.2) is 0 Å². The van der Waals surface area contributed by atoms with Gasteiger partial charge in [0, 0.05) is 12.1 Å². The van der Waals surface area contributed by atoms with Crippen molar-refractivity contribution in [1.82, 2.24) is 5.32 Å². The van der Waals surface area contributed by atoms with Crippen LogP contribution >= 0.6 is 0 Å². The van der Waals surface area contributed by atoms with Crippen LogP contribution in [0.3, 0.4) is 0 Å². The number of carbonyl (C=O) groups excluding carboxylic acids is 3. The molecule has 0 saturated carbocycles. The average molecular weight is 524 g/mol. The number of para-hydroxylation sites is 1. The maximum absolute atomic E-state index is 14.3. The van der Waals surface area contributed by atoms with E-state index in [1.807, 2.05) is 92.7 Å². The number of allylic oxidation sites excluding steroid dienone is 1. The number of primary amides is 1. The second kappa shape index (κ2) is 12.6. The number of nitrogens with two attached hydrogens (primary N) is 1. The maximum atomic E-state index is 14.3. The van der Waals surface area contributed by atoms with E-state index in [0.29, 0.717) is 25.8 Å².